The van der Waals surface area contributed by atoms with Crippen molar-refractivity contribution in [2.24, 2.45) is 4.99 Å². The van der Waals surface area contributed by atoms with E-state index in [1.807, 2.05) is 74.5 Å². The summed E-state index contributed by atoms with van der Waals surface area (Å²) >= 11 is 0. The lowest BCUT2D eigenvalue weighted by Gasteiger charge is -2.13. The first kappa shape index (κ1) is 25.9. The van der Waals surface area contributed by atoms with E-state index in [2.05, 4.69) is 4.98 Å². The number of aliphatic imine (C=N–C) groups is 1. The second kappa shape index (κ2) is 10.9. The highest BCUT2D eigenvalue weighted by molar-refractivity contribution is 6.14. The number of carbonyl (C=O) groups is 1. The van der Waals surface area contributed by atoms with E-state index in [0.717, 1.165) is 17.2 Å². The number of ether oxygens (including phenoxy) is 1. The van der Waals surface area contributed by atoms with Crippen LogP contribution in [0, 0.1) is 11.6 Å². The van der Waals surface area contributed by atoms with Crippen LogP contribution >= 0.6 is 0 Å². The van der Waals surface area contributed by atoms with Crippen LogP contribution < -0.4 is 0 Å². The summed E-state index contributed by atoms with van der Waals surface area (Å²) in [6.07, 6.45) is 1.40. The van der Waals surface area contributed by atoms with Crippen molar-refractivity contribution >= 4 is 23.1 Å². The Bertz CT molecular complexity index is 1640. The van der Waals surface area contributed by atoms with Crippen molar-refractivity contribution in [1.29, 1.82) is 0 Å². The minimum atomic E-state index is -1.04. The third-order valence-corrected chi connectivity index (χ3v) is 6.24. The Balaban J connectivity index is 1.88. The predicted octanol–water partition coefficient (Wildman–Crippen LogP) is 7.14. The molecule has 3 aromatic carbocycles. The van der Waals surface area contributed by atoms with Crippen LogP contribution in [0.3, 0.4) is 0 Å². The van der Waals surface area contributed by atoms with Gasteiger partial charge in [-0.25, -0.2) is 28.1 Å². The SMILES string of the molecule is CCOC(=O)c1cnc2c(-c3cccc(F)c3F)c(N=C(c3ccccc3)c3ccccc3)nn2c1C(C)C. The lowest BCUT2D eigenvalue weighted by atomic mass is 10.0. The molecule has 0 saturated carbocycles. The van der Waals surface area contributed by atoms with Crippen LogP contribution in [0.15, 0.2) is 90.1 Å². The highest BCUT2D eigenvalue weighted by Gasteiger charge is 2.27. The molecule has 0 radical (unpaired) electrons. The molecule has 0 aliphatic carbocycles. The number of halogens is 2. The van der Waals surface area contributed by atoms with E-state index in [9.17, 15) is 9.18 Å². The monoisotopic (exact) mass is 524 g/mol. The highest BCUT2D eigenvalue weighted by Crippen LogP contribution is 2.38. The van der Waals surface area contributed by atoms with Crippen molar-refractivity contribution in [3.05, 3.63) is 119 Å². The number of carbonyl (C=O) groups excluding carboxylic acids is 1. The van der Waals surface area contributed by atoms with E-state index < -0.39 is 17.6 Å². The number of benzene rings is 3. The molecule has 0 aliphatic rings. The summed E-state index contributed by atoms with van der Waals surface area (Å²) in [6, 6.07) is 23.0. The zero-order valence-electron chi connectivity index (χ0n) is 21.7. The maximum Gasteiger partial charge on any atom is 0.341 e. The van der Waals surface area contributed by atoms with E-state index in [1.165, 1.54) is 22.8 Å². The molecule has 5 rings (SSSR count). The summed E-state index contributed by atoms with van der Waals surface area (Å²) < 4.78 is 36.4. The molecule has 196 valence electrons. The quantitative estimate of drug-likeness (QED) is 0.168. The van der Waals surface area contributed by atoms with Crippen molar-refractivity contribution in [3.8, 4) is 11.1 Å². The molecule has 5 aromatic rings. The van der Waals surface area contributed by atoms with Crippen molar-refractivity contribution in [3.63, 3.8) is 0 Å². The van der Waals surface area contributed by atoms with Gasteiger partial charge in [0.15, 0.2) is 23.1 Å². The molecule has 8 heteroatoms. The molecule has 39 heavy (non-hydrogen) atoms. The summed E-state index contributed by atoms with van der Waals surface area (Å²) in [5.41, 5.74) is 3.43. The minimum absolute atomic E-state index is 0.0321. The maximum atomic E-state index is 15.3. The molecule has 0 aliphatic heterocycles. The van der Waals surface area contributed by atoms with Gasteiger partial charge in [0.05, 0.1) is 29.1 Å². The van der Waals surface area contributed by atoms with Crippen molar-refractivity contribution < 1.29 is 18.3 Å². The largest absolute Gasteiger partial charge is 0.462 e. The first-order valence-electron chi connectivity index (χ1n) is 12.6. The molecule has 2 aromatic heterocycles. The number of hydrogen-bond donors (Lipinski definition) is 0. The van der Waals surface area contributed by atoms with Crippen molar-refractivity contribution in [2.75, 3.05) is 6.61 Å². The molecular weight excluding hydrogens is 498 g/mol. The van der Waals surface area contributed by atoms with Crippen LogP contribution in [0.4, 0.5) is 14.6 Å². The number of esters is 1. The normalized spacial score (nSPS) is 11.1. The van der Waals surface area contributed by atoms with Crippen LogP contribution in [0.1, 0.15) is 53.9 Å². The average molecular weight is 525 g/mol. The first-order chi connectivity index (χ1) is 18.9. The minimum Gasteiger partial charge on any atom is -0.462 e. The topological polar surface area (TPSA) is 68.8 Å². The number of hydrogen-bond acceptors (Lipinski definition) is 5. The Morgan fingerprint density at radius 3 is 2.18 bits per heavy atom. The van der Waals surface area contributed by atoms with Crippen LogP contribution in [-0.4, -0.2) is 32.9 Å². The average Bonchev–Trinajstić information content (AvgIpc) is 3.31. The number of aromatic nitrogens is 3. The molecule has 0 bridgehead atoms. The Morgan fingerprint density at radius 2 is 1.59 bits per heavy atom. The third-order valence-electron chi connectivity index (χ3n) is 6.24. The van der Waals surface area contributed by atoms with Crippen molar-refractivity contribution in [1.82, 2.24) is 14.6 Å². The molecule has 0 atom stereocenters. The summed E-state index contributed by atoms with van der Waals surface area (Å²) in [5.74, 6) is -2.62. The Hall–Kier alpha value is -4.72. The van der Waals surface area contributed by atoms with Gasteiger partial charge in [0.1, 0.15) is 0 Å². The Labute approximate surface area is 224 Å². The zero-order chi connectivity index (χ0) is 27.5. The number of rotatable bonds is 7. The Kier molecular flexibility index (Phi) is 7.27. The third kappa shape index (κ3) is 4.93. The van der Waals surface area contributed by atoms with E-state index in [0.29, 0.717) is 11.4 Å². The second-order valence-corrected chi connectivity index (χ2v) is 9.16. The van der Waals surface area contributed by atoms with Gasteiger partial charge in [0, 0.05) is 22.9 Å². The van der Waals surface area contributed by atoms with Crippen molar-refractivity contribution in [2.45, 2.75) is 26.7 Å². The van der Waals surface area contributed by atoms with E-state index >= 15 is 4.39 Å². The lowest BCUT2D eigenvalue weighted by molar-refractivity contribution is 0.0523. The molecule has 0 N–H and O–H groups in total. The van der Waals surface area contributed by atoms with Gasteiger partial charge >= 0.3 is 5.97 Å². The van der Waals surface area contributed by atoms with Gasteiger partial charge in [-0.15, -0.1) is 5.10 Å². The molecular formula is C31H26F2N4O2. The van der Waals surface area contributed by atoms with E-state index in [-0.39, 0.29) is 40.7 Å². The number of nitrogens with zero attached hydrogens (tertiary/aromatic N) is 4. The first-order valence-corrected chi connectivity index (χ1v) is 12.6. The molecule has 6 nitrogen and oxygen atoms in total. The van der Waals surface area contributed by atoms with Gasteiger partial charge in [-0.3, -0.25) is 0 Å². The predicted molar refractivity (Wildman–Crippen MR) is 147 cm³/mol. The fourth-order valence-electron chi connectivity index (χ4n) is 4.52. The second-order valence-electron chi connectivity index (χ2n) is 9.16. The Morgan fingerprint density at radius 1 is 0.949 bits per heavy atom. The zero-order valence-corrected chi connectivity index (χ0v) is 21.7. The maximum absolute atomic E-state index is 15.3. The highest BCUT2D eigenvalue weighted by atomic mass is 19.2. The fraction of sp³-hybridized carbons (Fsp3) is 0.161. The van der Waals surface area contributed by atoms with Crippen LogP contribution in [0.5, 0.6) is 0 Å². The van der Waals surface area contributed by atoms with Crippen LogP contribution in [0.2, 0.25) is 0 Å². The van der Waals surface area contributed by atoms with Gasteiger partial charge in [-0.1, -0.05) is 86.6 Å². The van der Waals surface area contributed by atoms with E-state index in [1.54, 1.807) is 6.92 Å². The molecule has 2 heterocycles. The lowest BCUT2D eigenvalue weighted by Crippen LogP contribution is -2.14. The molecule has 0 fully saturated rings. The molecule has 0 saturated heterocycles. The fourth-order valence-corrected chi connectivity index (χ4v) is 4.52. The van der Waals surface area contributed by atoms with Gasteiger partial charge in [-0.2, -0.15) is 0 Å². The summed E-state index contributed by atoms with van der Waals surface area (Å²) in [7, 11) is 0. The van der Waals surface area contributed by atoms with E-state index in [4.69, 9.17) is 14.8 Å². The standard InChI is InChI=1S/C31H26F2N4O2/c1-4-39-31(38)23-18-34-30-25(22-16-11-17-24(32)26(22)33)29(36-37(30)28(23)19(2)3)35-27(20-12-7-5-8-13-20)21-14-9-6-10-15-21/h5-19H,4H2,1-3H3. The summed E-state index contributed by atoms with van der Waals surface area (Å²) in [6.45, 7) is 5.73. The van der Waals surface area contributed by atoms with Crippen LogP contribution in [-0.2, 0) is 4.74 Å². The van der Waals surface area contributed by atoms with Gasteiger partial charge in [0.25, 0.3) is 0 Å². The smallest absolute Gasteiger partial charge is 0.341 e. The number of fused-ring (bicyclic) bond motifs is 1. The van der Waals surface area contributed by atoms with Gasteiger partial charge < -0.3 is 4.74 Å². The van der Waals surface area contributed by atoms with Crippen LogP contribution in [0.25, 0.3) is 16.8 Å². The summed E-state index contributed by atoms with van der Waals surface area (Å²) in [4.78, 5) is 22.2. The van der Waals surface area contributed by atoms with Gasteiger partial charge in [0.2, 0.25) is 0 Å². The molecule has 0 amide bonds. The van der Waals surface area contributed by atoms with Gasteiger partial charge in [-0.05, 0) is 18.9 Å². The summed E-state index contributed by atoms with van der Waals surface area (Å²) in [5, 5.41) is 4.74. The molecule has 0 unspecified atom stereocenters. The molecule has 0 spiro atoms.